The highest BCUT2D eigenvalue weighted by Gasteiger charge is 2.31. The first-order chi connectivity index (χ1) is 12.6. The van der Waals surface area contributed by atoms with Crippen molar-refractivity contribution in [1.82, 2.24) is 15.0 Å². The molecule has 1 atom stereocenters. The molecule has 0 N–H and O–H groups in total. The van der Waals surface area contributed by atoms with Gasteiger partial charge >= 0.3 is 0 Å². The molecule has 26 heavy (non-hydrogen) atoms. The molecule has 6 nitrogen and oxygen atoms in total. The second-order valence-electron chi connectivity index (χ2n) is 7.21. The number of methoxy groups -OCH3 is 1. The van der Waals surface area contributed by atoms with Gasteiger partial charge in [0.1, 0.15) is 5.76 Å². The quantitative estimate of drug-likeness (QED) is 0.822. The lowest BCUT2D eigenvalue weighted by molar-refractivity contribution is 0.0723. The lowest BCUT2D eigenvalue weighted by atomic mass is 10.0. The number of rotatable bonds is 4. The highest BCUT2D eigenvalue weighted by Crippen LogP contribution is 2.31. The van der Waals surface area contributed by atoms with E-state index in [4.69, 9.17) is 9.26 Å². The van der Waals surface area contributed by atoms with Gasteiger partial charge in [0.05, 0.1) is 17.4 Å². The summed E-state index contributed by atoms with van der Waals surface area (Å²) in [5.74, 6) is 1.07. The second kappa shape index (κ2) is 7.13. The summed E-state index contributed by atoms with van der Waals surface area (Å²) >= 11 is 1.71. The van der Waals surface area contributed by atoms with Crippen molar-refractivity contribution in [3.8, 4) is 0 Å². The largest absolute Gasteiger partial charge is 0.380 e. The molecule has 4 rings (SSSR count). The Bertz CT molecular complexity index is 794. The van der Waals surface area contributed by atoms with Crippen LogP contribution >= 0.6 is 11.3 Å². The van der Waals surface area contributed by atoms with Gasteiger partial charge in [-0.15, -0.1) is 11.3 Å². The Kier molecular flexibility index (Phi) is 4.86. The van der Waals surface area contributed by atoms with E-state index in [0.717, 1.165) is 56.0 Å². The molecule has 0 aromatic carbocycles. The first-order valence-electron chi connectivity index (χ1n) is 9.12. The van der Waals surface area contributed by atoms with E-state index in [0.29, 0.717) is 6.54 Å². The Hall–Kier alpha value is -1.70. The number of thiophene rings is 1. The van der Waals surface area contributed by atoms with Crippen molar-refractivity contribution in [1.29, 1.82) is 0 Å². The molecule has 2 aliphatic rings. The van der Waals surface area contributed by atoms with E-state index >= 15 is 0 Å². The maximum absolute atomic E-state index is 12.9. The van der Waals surface area contributed by atoms with Crippen LogP contribution in [-0.4, -0.2) is 53.7 Å². The second-order valence-corrected chi connectivity index (χ2v) is 8.18. The summed E-state index contributed by atoms with van der Waals surface area (Å²) in [5, 5.41) is 6.10. The Labute approximate surface area is 157 Å². The van der Waals surface area contributed by atoms with Crippen molar-refractivity contribution in [3.05, 3.63) is 38.4 Å². The number of amides is 1. The van der Waals surface area contributed by atoms with Gasteiger partial charge in [-0.05, 0) is 32.3 Å². The van der Waals surface area contributed by atoms with Gasteiger partial charge < -0.3 is 14.2 Å². The van der Waals surface area contributed by atoms with E-state index in [1.165, 1.54) is 16.0 Å². The van der Waals surface area contributed by atoms with E-state index < -0.39 is 0 Å². The zero-order valence-electron chi connectivity index (χ0n) is 15.6. The number of ether oxygens (including phenoxy) is 1. The van der Waals surface area contributed by atoms with Crippen molar-refractivity contribution in [2.24, 2.45) is 0 Å². The third-order valence-electron chi connectivity index (χ3n) is 5.58. The molecule has 1 amide bonds. The van der Waals surface area contributed by atoms with Gasteiger partial charge in [0.25, 0.3) is 5.91 Å². The molecule has 0 spiro atoms. The molecule has 140 valence electrons. The minimum absolute atomic E-state index is 0.168. The predicted octanol–water partition coefficient (Wildman–Crippen LogP) is 2.77. The maximum atomic E-state index is 12.9. The molecule has 7 heteroatoms. The van der Waals surface area contributed by atoms with Crippen molar-refractivity contribution in [2.45, 2.75) is 45.9 Å². The molecular weight excluding hydrogens is 350 g/mol. The summed E-state index contributed by atoms with van der Waals surface area (Å²) in [5.41, 5.74) is 4.30. The first-order valence-corrected chi connectivity index (χ1v) is 10.00. The summed E-state index contributed by atoms with van der Waals surface area (Å²) in [6.07, 6.45) is 2.03. The number of hydrogen-bond acceptors (Lipinski definition) is 6. The molecule has 0 bridgehead atoms. The van der Waals surface area contributed by atoms with Crippen LogP contribution in [0.2, 0.25) is 0 Å². The molecule has 0 radical (unpaired) electrons. The fourth-order valence-electron chi connectivity index (χ4n) is 3.92. The van der Waals surface area contributed by atoms with Gasteiger partial charge in [0.2, 0.25) is 0 Å². The monoisotopic (exact) mass is 375 g/mol. The van der Waals surface area contributed by atoms with Crippen LogP contribution in [0.3, 0.4) is 0 Å². The molecule has 2 aliphatic heterocycles. The summed E-state index contributed by atoms with van der Waals surface area (Å²) in [6, 6.07) is 0. The molecular formula is C19H25N3O3S. The van der Waals surface area contributed by atoms with Gasteiger partial charge in [-0.3, -0.25) is 9.69 Å². The standard InChI is InChI=1S/C19H25N3O3S/c1-12-16(13(2)25-20-12)9-21-6-5-15-17(11-26-18(15)10-21)19(23)22-7-4-14(8-22)24-3/h11,14H,4-10H2,1-3H3/t14-/m1/s1. The van der Waals surface area contributed by atoms with Crippen LogP contribution < -0.4 is 0 Å². The molecule has 2 aromatic heterocycles. The summed E-state index contributed by atoms with van der Waals surface area (Å²) in [7, 11) is 1.72. The lowest BCUT2D eigenvalue weighted by Crippen LogP contribution is -2.33. The fourth-order valence-corrected chi connectivity index (χ4v) is 5.04. The van der Waals surface area contributed by atoms with Crippen molar-refractivity contribution in [3.63, 3.8) is 0 Å². The van der Waals surface area contributed by atoms with Crippen LogP contribution in [-0.2, 0) is 24.2 Å². The van der Waals surface area contributed by atoms with Crippen molar-refractivity contribution >= 4 is 17.2 Å². The van der Waals surface area contributed by atoms with Crippen molar-refractivity contribution < 1.29 is 14.1 Å². The average molecular weight is 375 g/mol. The minimum atomic E-state index is 0.168. The van der Waals surface area contributed by atoms with Crippen LogP contribution in [0.25, 0.3) is 0 Å². The number of carbonyl (C=O) groups is 1. The number of fused-ring (bicyclic) bond motifs is 1. The van der Waals surface area contributed by atoms with Gasteiger partial charge in [0.15, 0.2) is 0 Å². The van der Waals surface area contributed by atoms with E-state index in [1.807, 2.05) is 24.1 Å². The average Bonchev–Trinajstić information content (AvgIpc) is 3.36. The van der Waals surface area contributed by atoms with E-state index in [1.54, 1.807) is 18.4 Å². The van der Waals surface area contributed by atoms with Crippen LogP contribution in [0.4, 0.5) is 0 Å². The highest BCUT2D eigenvalue weighted by molar-refractivity contribution is 7.10. The number of hydrogen-bond donors (Lipinski definition) is 0. The third-order valence-corrected chi connectivity index (χ3v) is 6.60. The van der Waals surface area contributed by atoms with Gasteiger partial charge in [-0.2, -0.15) is 0 Å². The number of aromatic nitrogens is 1. The van der Waals surface area contributed by atoms with Gasteiger partial charge in [-0.1, -0.05) is 5.16 Å². The molecule has 1 fully saturated rings. The lowest BCUT2D eigenvalue weighted by Gasteiger charge is -2.27. The summed E-state index contributed by atoms with van der Waals surface area (Å²) in [6.45, 7) is 8.15. The highest BCUT2D eigenvalue weighted by atomic mass is 32.1. The predicted molar refractivity (Wildman–Crippen MR) is 99.4 cm³/mol. The van der Waals surface area contributed by atoms with Crippen LogP contribution in [0, 0.1) is 13.8 Å². The number of carbonyl (C=O) groups excluding carboxylic acids is 1. The molecule has 1 saturated heterocycles. The normalized spacial score (nSPS) is 20.6. The summed E-state index contributed by atoms with van der Waals surface area (Å²) in [4.78, 5) is 18.6. The SMILES string of the molecule is CO[C@@H]1CCN(C(=O)c2csc3c2CCN(Cc2c(C)noc2C)C3)C1. The maximum Gasteiger partial charge on any atom is 0.255 e. The molecule has 0 unspecified atom stereocenters. The van der Waals surface area contributed by atoms with Gasteiger partial charge in [-0.25, -0.2) is 0 Å². The van der Waals surface area contributed by atoms with Crippen LogP contribution in [0.5, 0.6) is 0 Å². The molecule has 2 aromatic rings. The number of aryl methyl sites for hydroxylation is 2. The van der Waals surface area contributed by atoms with Gasteiger partial charge in [0, 0.05) is 55.7 Å². The Balaban J connectivity index is 1.46. The third kappa shape index (κ3) is 3.19. The Morgan fingerprint density at radius 1 is 1.42 bits per heavy atom. The number of likely N-dealkylation sites (tertiary alicyclic amines) is 1. The Morgan fingerprint density at radius 3 is 2.96 bits per heavy atom. The van der Waals surface area contributed by atoms with Crippen LogP contribution in [0.1, 0.15) is 44.2 Å². The zero-order valence-corrected chi connectivity index (χ0v) is 16.4. The van der Waals surface area contributed by atoms with E-state index in [9.17, 15) is 4.79 Å². The minimum Gasteiger partial charge on any atom is -0.380 e. The van der Waals surface area contributed by atoms with E-state index in [-0.39, 0.29) is 12.0 Å². The topological polar surface area (TPSA) is 58.8 Å². The zero-order chi connectivity index (χ0) is 18.3. The smallest absolute Gasteiger partial charge is 0.255 e. The molecule has 0 aliphatic carbocycles. The van der Waals surface area contributed by atoms with Crippen LogP contribution in [0.15, 0.2) is 9.90 Å². The molecule has 4 heterocycles. The van der Waals surface area contributed by atoms with E-state index in [2.05, 4.69) is 10.1 Å². The fraction of sp³-hybridized carbons (Fsp3) is 0.579. The van der Waals surface area contributed by atoms with Crippen molar-refractivity contribution in [2.75, 3.05) is 26.7 Å². The Morgan fingerprint density at radius 2 is 2.27 bits per heavy atom. The summed E-state index contributed by atoms with van der Waals surface area (Å²) < 4.78 is 10.7. The number of nitrogens with zero attached hydrogens (tertiary/aromatic N) is 3. The first kappa shape index (κ1) is 17.7. The molecule has 0 saturated carbocycles.